The number of fused-ring (bicyclic) bond motifs is 1. The molecular weight excluding hydrogens is 425 g/mol. The second-order valence-corrected chi connectivity index (χ2v) is 18.1. The minimum atomic E-state index is -3.94. The first-order valence-electron chi connectivity index (χ1n) is 11.2. The molecule has 0 saturated carbocycles. The van der Waals surface area contributed by atoms with Crippen LogP contribution in [-0.2, 0) is 15.3 Å². The Balaban J connectivity index is 2.30. The minimum absolute atomic E-state index is 0.123. The number of halogens is 1. The lowest BCUT2D eigenvalue weighted by molar-refractivity contribution is 0.547. The van der Waals surface area contributed by atoms with Crippen molar-refractivity contribution in [3.05, 3.63) is 53.8 Å². The maximum atomic E-state index is 15.3. The molecular formula is C25H36FNO2SSi. The lowest BCUT2D eigenvalue weighted by Gasteiger charge is -2.51. The van der Waals surface area contributed by atoms with Crippen molar-refractivity contribution < 1.29 is 12.8 Å². The Morgan fingerprint density at radius 1 is 0.935 bits per heavy atom. The Kier molecular flexibility index (Phi) is 6.22. The number of hydrogen-bond acceptors (Lipinski definition) is 3. The topological polar surface area (TPSA) is 37.4 Å². The zero-order valence-electron chi connectivity index (χ0n) is 20.0. The van der Waals surface area contributed by atoms with E-state index in [0.717, 1.165) is 17.8 Å². The first-order valence-corrected chi connectivity index (χ1v) is 14.9. The van der Waals surface area contributed by atoms with Crippen LogP contribution in [0, 0.1) is 5.82 Å². The fourth-order valence-corrected chi connectivity index (χ4v) is 14.6. The van der Waals surface area contributed by atoms with Crippen LogP contribution in [0.25, 0.3) is 0 Å². The second-order valence-electron chi connectivity index (χ2n) is 10.4. The summed E-state index contributed by atoms with van der Waals surface area (Å²) in [5.74, 6) is -0.663. The van der Waals surface area contributed by atoms with Crippen molar-refractivity contribution in [2.75, 3.05) is 11.1 Å². The molecule has 2 aromatic rings. The van der Waals surface area contributed by atoms with E-state index in [-0.39, 0.29) is 15.2 Å². The van der Waals surface area contributed by atoms with E-state index < -0.39 is 23.9 Å². The second kappa shape index (κ2) is 8.04. The molecule has 1 aliphatic rings. The number of rotatable bonds is 6. The molecule has 3 nitrogen and oxygen atoms in total. The SMILES string of the molecule is CC(C)[Si](C(C)C)(C(C)C)N1CC(C)(C)c2cc(F)c(S(=O)(=O)c3ccccc3)cc21. The summed E-state index contributed by atoms with van der Waals surface area (Å²) in [5.41, 5.74) is 2.97. The van der Waals surface area contributed by atoms with Crippen molar-refractivity contribution in [2.45, 2.75) is 87.2 Å². The molecule has 0 aliphatic carbocycles. The molecule has 0 amide bonds. The van der Waals surface area contributed by atoms with Gasteiger partial charge in [0.25, 0.3) is 0 Å². The van der Waals surface area contributed by atoms with Crippen LogP contribution in [0.1, 0.15) is 61.0 Å². The van der Waals surface area contributed by atoms with Gasteiger partial charge in [0.05, 0.1) is 4.90 Å². The molecule has 3 rings (SSSR count). The molecule has 1 heterocycles. The molecule has 2 aromatic carbocycles. The number of nitrogens with zero attached hydrogens (tertiary/aromatic N) is 1. The van der Waals surface area contributed by atoms with Gasteiger partial charge < -0.3 is 4.57 Å². The van der Waals surface area contributed by atoms with E-state index in [1.165, 1.54) is 18.2 Å². The molecule has 0 unspecified atom stereocenters. The van der Waals surface area contributed by atoms with Crippen LogP contribution in [0.2, 0.25) is 16.6 Å². The van der Waals surface area contributed by atoms with Gasteiger partial charge >= 0.3 is 0 Å². The summed E-state index contributed by atoms with van der Waals surface area (Å²) in [4.78, 5) is -0.0999. The van der Waals surface area contributed by atoms with Crippen molar-refractivity contribution in [1.82, 2.24) is 0 Å². The van der Waals surface area contributed by atoms with Crippen molar-refractivity contribution in [1.29, 1.82) is 0 Å². The molecule has 0 atom stereocenters. The smallest absolute Gasteiger partial charge is 0.209 e. The van der Waals surface area contributed by atoms with Gasteiger partial charge in [-0.15, -0.1) is 0 Å². The Morgan fingerprint density at radius 2 is 1.45 bits per heavy atom. The average Bonchev–Trinajstić information content (AvgIpc) is 2.92. The van der Waals surface area contributed by atoms with Gasteiger partial charge in [0, 0.05) is 17.6 Å². The summed E-state index contributed by atoms with van der Waals surface area (Å²) in [5, 5.41) is 0. The zero-order valence-corrected chi connectivity index (χ0v) is 21.8. The third-order valence-electron chi connectivity index (χ3n) is 7.21. The summed E-state index contributed by atoms with van der Waals surface area (Å²) >= 11 is 0. The van der Waals surface area contributed by atoms with Crippen LogP contribution in [0.5, 0.6) is 0 Å². The highest BCUT2D eigenvalue weighted by Crippen LogP contribution is 2.53. The van der Waals surface area contributed by atoms with Crippen molar-refractivity contribution >= 4 is 23.8 Å². The van der Waals surface area contributed by atoms with E-state index in [1.54, 1.807) is 24.3 Å². The Morgan fingerprint density at radius 3 is 1.94 bits per heavy atom. The summed E-state index contributed by atoms with van der Waals surface area (Å²) in [7, 11) is -6.04. The van der Waals surface area contributed by atoms with Gasteiger partial charge in [0.2, 0.25) is 9.84 Å². The first kappa shape index (κ1) is 24.0. The van der Waals surface area contributed by atoms with Gasteiger partial charge in [0.1, 0.15) is 10.7 Å². The largest absolute Gasteiger partial charge is 0.395 e. The number of anilines is 1. The summed E-state index contributed by atoms with van der Waals surface area (Å²) in [6.45, 7) is 18.8. The predicted molar refractivity (Wildman–Crippen MR) is 130 cm³/mol. The summed E-state index contributed by atoms with van der Waals surface area (Å²) < 4.78 is 44.5. The first-order chi connectivity index (χ1) is 14.3. The third kappa shape index (κ3) is 3.65. The highest BCUT2D eigenvalue weighted by Gasteiger charge is 2.53. The molecule has 0 fully saturated rings. The highest BCUT2D eigenvalue weighted by molar-refractivity contribution is 7.91. The number of benzene rings is 2. The van der Waals surface area contributed by atoms with Crippen molar-refractivity contribution in [3.8, 4) is 0 Å². The quantitative estimate of drug-likeness (QED) is 0.438. The maximum Gasteiger partial charge on any atom is 0.209 e. The van der Waals surface area contributed by atoms with Crippen LogP contribution in [0.15, 0.2) is 52.3 Å². The van der Waals surface area contributed by atoms with E-state index in [4.69, 9.17) is 0 Å². The molecule has 0 aromatic heterocycles. The normalized spacial score (nSPS) is 16.5. The third-order valence-corrected chi connectivity index (χ3v) is 15.9. The summed E-state index contributed by atoms with van der Waals surface area (Å²) in [6.07, 6.45) is 0. The van der Waals surface area contributed by atoms with Gasteiger partial charge in [-0.3, -0.25) is 0 Å². The van der Waals surface area contributed by atoms with Crippen LogP contribution in [0.3, 0.4) is 0 Å². The molecule has 0 N–H and O–H groups in total. The Labute approximate surface area is 188 Å². The van der Waals surface area contributed by atoms with Gasteiger partial charge in [-0.2, -0.15) is 0 Å². The van der Waals surface area contributed by atoms with Gasteiger partial charge in [-0.1, -0.05) is 73.6 Å². The van der Waals surface area contributed by atoms with E-state index in [9.17, 15) is 8.42 Å². The van der Waals surface area contributed by atoms with E-state index in [2.05, 4.69) is 60.0 Å². The predicted octanol–water partition coefficient (Wildman–Crippen LogP) is 6.93. The maximum absolute atomic E-state index is 15.3. The average molecular weight is 462 g/mol. The zero-order chi connectivity index (χ0) is 23.4. The number of sulfone groups is 1. The highest BCUT2D eigenvalue weighted by atomic mass is 32.2. The fraction of sp³-hybridized carbons (Fsp3) is 0.520. The molecule has 0 spiro atoms. The van der Waals surface area contributed by atoms with Crippen LogP contribution >= 0.6 is 0 Å². The molecule has 6 heteroatoms. The van der Waals surface area contributed by atoms with Gasteiger partial charge in [-0.25, -0.2) is 12.8 Å². The van der Waals surface area contributed by atoms with Gasteiger partial charge in [-0.05, 0) is 46.5 Å². The molecule has 0 bridgehead atoms. The van der Waals surface area contributed by atoms with E-state index in [0.29, 0.717) is 16.6 Å². The standard InChI is InChI=1S/C25H36FNO2SSi/c1-17(2)31(18(3)4,19(5)6)27-16-25(7,8)21-14-22(26)24(15-23(21)27)30(28,29)20-12-10-9-11-13-20/h9-15,17-19H,16H2,1-8H3. The Bertz CT molecular complexity index is 1040. The minimum Gasteiger partial charge on any atom is -0.395 e. The molecule has 1 aliphatic heterocycles. The fourth-order valence-electron chi connectivity index (χ4n) is 6.09. The van der Waals surface area contributed by atoms with Crippen molar-refractivity contribution in [2.24, 2.45) is 0 Å². The van der Waals surface area contributed by atoms with Crippen LogP contribution < -0.4 is 4.57 Å². The molecule has 170 valence electrons. The lowest BCUT2D eigenvalue weighted by Crippen LogP contribution is -2.61. The van der Waals surface area contributed by atoms with Crippen LogP contribution in [0.4, 0.5) is 10.1 Å². The number of hydrogen-bond donors (Lipinski definition) is 0. The molecule has 0 radical (unpaired) electrons. The van der Waals surface area contributed by atoms with Gasteiger partial charge in [0.15, 0.2) is 8.24 Å². The van der Waals surface area contributed by atoms with E-state index in [1.807, 2.05) is 0 Å². The van der Waals surface area contributed by atoms with Crippen LogP contribution in [-0.4, -0.2) is 23.2 Å². The lowest BCUT2D eigenvalue weighted by atomic mass is 9.87. The van der Waals surface area contributed by atoms with E-state index >= 15 is 4.39 Å². The monoisotopic (exact) mass is 461 g/mol. The van der Waals surface area contributed by atoms with Crippen molar-refractivity contribution in [3.63, 3.8) is 0 Å². The molecule has 31 heavy (non-hydrogen) atoms. The molecule has 0 saturated heterocycles. The Hall–Kier alpha value is -1.66. The summed E-state index contributed by atoms with van der Waals surface area (Å²) in [6, 6.07) is 11.2.